The molecular formula is C20H28IN9O2. The van der Waals surface area contributed by atoms with E-state index in [1.54, 1.807) is 11.1 Å². The van der Waals surface area contributed by atoms with E-state index in [1.807, 2.05) is 43.3 Å². The third kappa shape index (κ3) is 4.74. The molecule has 4 rings (SSSR count). The highest BCUT2D eigenvalue weighted by atomic mass is 127. The van der Waals surface area contributed by atoms with E-state index in [0.29, 0.717) is 30.5 Å². The topological polar surface area (TPSA) is 129 Å². The molecule has 1 amide bonds. The zero-order valence-corrected chi connectivity index (χ0v) is 20.8. The van der Waals surface area contributed by atoms with E-state index in [2.05, 4.69) is 38.0 Å². The van der Waals surface area contributed by atoms with Crippen molar-refractivity contribution in [3.8, 4) is 0 Å². The van der Waals surface area contributed by atoms with Crippen LogP contribution in [0.3, 0.4) is 0 Å². The minimum absolute atomic E-state index is 0.0349. The van der Waals surface area contributed by atoms with E-state index < -0.39 is 5.60 Å². The monoisotopic (exact) mass is 553 g/mol. The van der Waals surface area contributed by atoms with E-state index in [9.17, 15) is 4.79 Å². The van der Waals surface area contributed by atoms with Gasteiger partial charge in [0.15, 0.2) is 5.65 Å². The van der Waals surface area contributed by atoms with Crippen LogP contribution < -0.4 is 11.1 Å². The fourth-order valence-electron chi connectivity index (χ4n) is 3.71. The first-order valence-electron chi connectivity index (χ1n) is 10.6. The molecule has 3 N–H and O–H groups in total. The van der Waals surface area contributed by atoms with Crippen molar-refractivity contribution in [2.24, 2.45) is 0 Å². The highest BCUT2D eigenvalue weighted by Gasteiger charge is 2.30. The van der Waals surface area contributed by atoms with Gasteiger partial charge in [-0.15, -0.1) is 0 Å². The molecule has 0 bridgehead atoms. The van der Waals surface area contributed by atoms with E-state index in [4.69, 9.17) is 20.6 Å². The van der Waals surface area contributed by atoms with Gasteiger partial charge in [-0.2, -0.15) is 20.2 Å². The predicted octanol–water partition coefficient (Wildman–Crippen LogP) is 3.55. The first-order valence-corrected chi connectivity index (χ1v) is 11.7. The van der Waals surface area contributed by atoms with Gasteiger partial charge < -0.3 is 20.7 Å². The van der Waals surface area contributed by atoms with Crippen LogP contribution in [0.5, 0.6) is 0 Å². The van der Waals surface area contributed by atoms with Gasteiger partial charge in [0.05, 0.1) is 23.3 Å². The molecule has 0 spiro atoms. The number of nitrogens with zero attached hydrogens (tertiary/aromatic N) is 7. The molecule has 0 radical (unpaired) electrons. The average molecular weight is 553 g/mol. The van der Waals surface area contributed by atoms with Gasteiger partial charge in [-0.05, 0) is 63.1 Å². The van der Waals surface area contributed by atoms with Crippen LogP contribution in [-0.4, -0.2) is 59.2 Å². The van der Waals surface area contributed by atoms with Gasteiger partial charge in [-0.25, -0.2) is 9.48 Å². The number of aromatic nitrogens is 6. The summed E-state index contributed by atoms with van der Waals surface area (Å²) in [5.41, 5.74) is 7.16. The molecule has 32 heavy (non-hydrogen) atoms. The Morgan fingerprint density at radius 2 is 2.16 bits per heavy atom. The van der Waals surface area contributed by atoms with Gasteiger partial charge >= 0.3 is 6.09 Å². The molecule has 4 heterocycles. The molecule has 172 valence electrons. The van der Waals surface area contributed by atoms with Gasteiger partial charge in [0, 0.05) is 25.8 Å². The molecule has 3 aromatic heterocycles. The molecule has 12 heteroatoms. The standard InChI is InChI=1S/C20H28IN9O2/c1-5-29-10-12(9-23-29)24-18-25-16(22)14-15(21)27-30(17(14)26-18)13-7-6-8-28(11-13)19(31)32-20(2,3)4/h9-10,13H,5-8,11H2,1-4H3,(H3,22,24,25,26)/t13-/m1/s1. The van der Waals surface area contributed by atoms with Crippen LogP contribution in [0.15, 0.2) is 12.4 Å². The smallest absolute Gasteiger partial charge is 0.410 e. The van der Waals surface area contributed by atoms with Crippen LogP contribution >= 0.6 is 22.6 Å². The van der Waals surface area contributed by atoms with Gasteiger partial charge in [0.1, 0.15) is 15.1 Å². The number of halogens is 1. The lowest BCUT2D eigenvalue weighted by molar-refractivity contribution is 0.0169. The maximum absolute atomic E-state index is 12.6. The third-order valence-corrected chi connectivity index (χ3v) is 5.90. The Labute approximate surface area is 199 Å². The molecule has 0 aromatic carbocycles. The maximum atomic E-state index is 12.6. The number of anilines is 3. The lowest BCUT2D eigenvalue weighted by atomic mass is 10.1. The zero-order chi connectivity index (χ0) is 23.0. The van der Waals surface area contributed by atoms with Crippen LogP contribution in [0, 0.1) is 3.70 Å². The summed E-state index contributed by atoms with van der Waals surface area (Å²) in [5, 5.41) is 12.9. The van der Waals surface area contributed by atoms with E-state index in [0.717, 1.165) is 34.2 Å². The second kappa shape index (κ2) is 8.71. The summed E-state index contributed by atoms with van der Waals surface area (Å²) in [4.78, 5) is 23.5. The summed E-state index contributed by atoms with van der Waals surface area (Å²) in [5.74, 6) is 0.735. The number of carbonyl (C=O) groups excluding carboxylic acids is 1. The van der Waals surface area contributed by atoms with Crippen LogP contribution in [-0.2, 0) is 11.3 Å². The summed E-state index contributed by atoms with van der Waals surface area (Å²) < 4.78 is 9.97. The summed E-state index contributed by atoms with van der Waals surface area (Å²) in [7, 11) is 0. The van der Waals surface area contributed by atoms with Crippen molar-refractivity contribution < 1.29 is 9.53 Å². The molecule has 1 saturated heterocycles. The van der Waals surface area contributed by atoms with Gasteiger partial charge in [-0.1, -0.05) is 0 Å². The number of nitrogens with one attached hydrogen (secondary N) is 1. The largest absolute Gasteiger partial charge is 0.444 e. The molecule has 1 aliphatic heterocycles. The summed E-state index contributed by atoms with van der Waals surface area (Å²) in [6, 6.07) is -0.0349. The Balaban J connectivity index is 1.63. The van der Waals surface area contributed by atoms with Crippen molar-refractivity contribution in [3.05, 3.63) is 16.1 Å². The summed E-state index contributed by atoms with van der Waals surface area (Å²) in [6.07, 6.45) is 5.02. The number of hydrogen-bond donors (Lipinski definition) is 2. The lowest BCUT2D eigenvalue weighted by Crippen LogP contribution is -2.43. The van der Waals surface area contributed by atoms with E-state index in [1.165, 1.54) is 0 Å². The number of amides is 1. The molecule has 1 fully saturated rings. The number of nitrogen functional groups attached to an aromatic ring is 1. The number of hydrogen-bond acceptors (Lipinski definition) is 8. The highest BCUT2D eigenvalue weighted by Crippen LogP contribution is 2.31. The van der Waals surface area contributed by atoms with Crippen molar-refractivity contribution in [1.29, 1.82) is 0 Å². The number of aryl methyl sites for hydroxylation is 1. The summed E-state index contributed by atoms with van der Waals surface area (Å²) in [6.45, 7) is 9.55. The van der Waals surface area contributed by atoms with Crippen LogP contribution in [0.2, 0.25) is 0 Å². The van der Waals surface area contributed by atoms with E-state index in [-0.39, 0.29) is 12.1 Å². The van der Waals surface area contributed by atoms with Gasteiger partial charge in [0.25, 0.3) is 0 Å². The minimum atomic E-state index is -0.536. The molecule has 0 aliphatic carbocycles. The number of carbonyl (C=O) groups is 1. The Bertz CT molecular complexity index is 1130. The quantitative estimate of drug-likeness (QED) is 0.470. The second-order valence-corrected chi connectivity index (χ2v) is 9.82. The number of rotatable bonds is 4. The summed E-state index contributed by atoms with van der Waals surface area (Å²) >= 11 is 2.15. The lowest BCUT2D eigenvalue weighted by Gasteiger charge is -2.34. The average Bonchev–Trinajstić information content (AvgIpc) is 3.31. The van der Waals surface area contributed by atoms with Crippen LogP contribution in [0.1, 0.15) is 46.6 Å². The Kier molecular flexibility index (Phi) is 6.14. The fourth-order valence-corrected chi connectivity index (χ4v) is 4.46. The molecule has 1 aliphatic rings. The van der Waals surface area contributed by atoms with Gasteiger partial charge in [-0.3, -0.25) is 4.68 Å². The van der Waals surface area contributed by atoms with Crippen LogP contribution in [0.4, 0.5) is 22.2 Å². The molecule has 11 nitrogen and oxygen atoms in total. The van der Waals surface area contributed by atoms with Gasteiger partial charge in [0.2, 0.25) is 5.95 Å². The van der Waals surface area contributed by atoms with Crippen molar-refractivity contribution in [2.75, 3.05) is 24.1 Å². The van der Waals surface area contributed by atoms with Crippen LogP contribution in [0.25, 0.3) is 11.0 Å². The molecule has 3 aromatic rings. The number of likely N-dealkylation sites (tertiary alicyclic amines) is 1. The number of nitrogens with two attached hydrogens (primary N) is 1. The molecular weight excluding hydrogens is 525 g/mol. The first kappa shape index (κ1) is 22.6. The Morgan fingerprint density at radius 1 is 1.38 bits per heavy atom. The highest BCUT2D eigenvalue weighted by molar-refractivity contribution is 14.1. The van der Waals surface area contributed by atoms with Crippen molar-refractivity contribution >= 4 is 57.2 Å². The SMILES string of the molecule is CCn1cc(Nc2nc(N)c3c(I)nn([C@@H]4CCCN(C(=O)OC(C)(C)C)C4)c3n2)cn1. The fraction of sp³-hybridized carbons (Fsp3) is 0.550. The van der Waals surface area contributed by atoms with Crippen molar-refractivity contribution in [3.63, 3.8) is 0 Å². The predicted molar refractivity (Wildman–Crippen MR) is 130 cm³/mol. The molecule has 1 atom stereocenters. The normalized spacial score (nSPS) is 17.0. The number of ether oxygens (including phenoxy) is 1. The first-order chi connectivity index (χ1) is 15.1. The Hall–Kier alpha value is -2.64. The number of fused-ring (bicyclic) bond motifs is 1. The maximum Gasteiger partial charge on any atom is 0.410 e. The van der Waals surface area contributed by atoms with Crippen molar-refractivity contribution in [2.45, 2.75) is 58.7 Å². The zero-order valence-electron chi connectivity index (χ0n) is 18.7. The molecule has 0 unspecified atom stereocenters. The van der Waals surface area contributed by atoms with Crippen molar-refractivity contribution in [1.82, 2.24) is 34.4 Å². The second-order valence-electron chi connectivity index (χ2n) is 8.80. The number of piperidine rings is 1. The Morgan fingerprint density at radius 3 is 2.84 bits per heavy atom. The minimum Gasteiger partial charge on any atom is -0.444 e. The van der Waals surface area contributed by atoms with E-state index >= 15 is 0 Å². The third-order valence-electron chi connectivity index (χ3n) is 5.14. The molecule has 0 saturated carbocycles.